The lowest BCUT2D eigenvalue weighted by atomic mass is 10.2. The minimum absolute atomic E-state index is 0.209. The molecule has 0 aliphatic carbocycles. The average Bonchev–Trinajstić information content (AvgIpc) is 2.92. The summed E-state index contributed by atoms with van der Waals surface area (Å²) in [6, 6.07) is 7.92. The van der Waals surface area contributed by atoms with E-state index in [9.17, 15) is 0 Å². The molecule has 0 aliphatic heterocycles. The van der Waals surface area contributed by atoms with Crippen LogP contribution in [0, 0.1) is 0 Å². The van der Waals surface area contributed by atoms with Gasteiger partial charge in [0.25, 0.3) is 0 Å². The molecular weight excluding hydrogens is 286 g/mol. The Kier molecular flexibility index (Phi) is 6.23. The van der Waals surface area contributed by atoms with Gasteiger partial charge in [-0.05, 0) is 31.0 Å². The van der Waals surface area contributed by atoms with Gasteiger partial charge in [0, 0.05) is 49.6 Å². The highest BCUT2D eigenvalue weighted by Crippen LogP contribution is 2.14. The highest BCUT2D eigenvalue weighted by molar-refractivity contribution is 6.30. The van der Waals surface area contributed by atoms with Gasteiger partial charge in [-0.1, -0.05) is 23.7 Å². The fourth-order valence-electron chi connectivity index (χ4n) is 2.32. The van der Waals surface area contributed by atoms with E-state index in [1.165, 1.54) is 11.1 Å². The van der Waals surface area contributed by atoms with E-state index < -0.39 is 0 Å². The van der Waals surface area contributed by atoms with E-state index >= 15 is 0 Å². The number of nitrogens with zero attached hydrogens (tertiary/aromatic N) is 3. The Morgan fingerprint density at radius 2 is 2.10 bits per heavy atom. The lowest BCUT2D eigenvalue weighted by Gasteiger charge is -2.21. The molecule has 2 rings (SSSR count). The summed E-state index contributed by atoms with van der Waals surface area (Å²) in [7, 11) is 0. The molecule has 0 radical (unpaired) electrons. The third-order valence-corrected chi connectivity index (χ3v) is 3.58. The Balaban J connectivity index is 2.03. The normalized spacial score (nSPS) is 11.2. The Morgan fingerprint density at radius 3 is 2.76 bits per heavy atom. The molecule has 114 valence electrons. The van der Waals surface area contributed by atoms with Crippen LogP contribution in [0.25, 0.3) is 0 Å². The maximum Gasteiger partial charge on any atom is 0.0534 e. The maximum absolute atomic E-state index is 9.07. The monoisotopic (exact) mass is 307 g/mol. The molecule has 1 aromatic carbocycles. The van der Waals surface area contributed by atoms with Gasteiger partial charge in [0.05, 0.1) is 6.20 Å². The number of aliphatic hydroxyl groups is 1. The van der Waals surface area contributed by atoms with E-state index in [2.05, 4.69) is 29.2 Å². The molecule has 0 saturated heterocycles. The molecule has 21 heavy (non-hydrogen) atoms. The highest BCUT2D eigenvalue weighted by atomic mass is 35.5. The van der Waals surface area contributed by atoms with Crippen LogP contribution in [0.5, 0.6) is 0 Å². The van der Waals surface area contributed by atoms with Gasteiger partial charge >= 0.3 is 0 Å². The van der Waals surface area contributed by atoms with Crippen LogP contribution in [0.2, 0.25) is 5.02 Å². The number of benzene rings is 1. The lowest BCUT2D eigenvalue weighted by molar-refractivity contribution is 0.212. The first-order valence-corrected chi connectivity index (χ1v) is 7.68. The summed E-state index contributed by atoms with van der Waals surface area (Å²) in [6.07, 6.45) is 4.75. The maximum atomic E-state index is 9.07. The fraction of sp³-hybridized carbons (Fsp3) is 0.438. The minimum atomic E-state index is 0.209. The van der Waals surface area contributed by atoms with Gasteiger partial charge in [0.1, 0.15) is 0 Å². The first-order chi connectivity index (χ1) is 10.2. The van der Waals surface area contributed by atoms with Crippen LogP contribution in [0.15, 0.2) is 36.7 Å². The largest absolute Gasteiger partial charge is 0.396 e. The van der Waals surface area contributed by atoms with Crippen LogP contribution in [-0.4, -0.2) is 32.9 Å². The van der Waals surface area contributed by atoms with Crippen molar-refractivity contribution in [2.45, 2.75) is 33.0 Å². The van der Waals surface area contributed by atoms with Crippen molar-refractivity contribution in [1.82, 2.24) is 14.7 Å². The van der Waals surface area contributed by atoms with Gasteiger partial charge in [-0.3, -0.25) is 9.58 Å². The van der Waals surface area contributed by atoms with Gasteiger partial charge in [0.2, 0.25) is 0 Å². The quantitative estimate of drug-likeness (QED) is 0.815. The number of halogens is 1. The smallest absolute Gasteiger partial charge is 0.0534 e. The van der Waals surface area contributed by atoms with Crippen molar-refractivity contribution in [3.63, 3.8) is 0 Å². The number of hydrogen-bond acceptors (Lipinski definition) is 3. The van der Waals surface area contributed by atoms with Crippen molar-refractivity contribution in [2.75, 3.05) is 13.2 Å². The SMILES string of the molecule is CCn1cc(CN(CCCO)Cc2cccc(Cl)c2)cn1. The third kappa shape index (κ3) is 5.16. The van der Waals surface area contributed by atoms with Gasteiger partial charge in [-0.15, -0.1) is 0 Å². The summed E-state index contributed by atoms with van der Waals surface area (Å²) in [5.41, 5.74) is 2.38. The van der Waals surface area contributed by atoms with E-state index in [-0.39, 0.29) is 6.61 Å². The summed E-state index contributed by atoms with van der Waals surface area (Å²) >= 11 is 6.04. The Morgan fingerprint density at radius 1 is 1.29 bits per heavy atom. The van der Waals surface area contributed by atoms with Gasteiger partial charge in [0.15, 0.2) is 0 Å². The molecule has 0 unspecified atom stereocenters. The lowest BCUT2D eigenvalue weighted by Crippen LogP contribution is -2.24. The van der Waals surface area contributed by atoms with E-state index in [0.717, 1.165) is 37.6 Å². The number of aliphatic hydroxyl groups excluding tert-OH is 1. The van der Waals surface area contributed by atoms with E-state index in [4.69, 9.17) is 16.7 Å². The van der Waals surface area contributed by atoms with E-state index in [0.29, 0.717) is 0 Å². The number of hydrogen-bond donors (Lipinski definition) is 1. The van der Waals surface area contributed by atoms with Crippen LogP contribution in [0.4, 0.5) is 0 Å². The molecule has 0 atom stereocenters. The molecule has 1 aromatic heterocycles. The van der Waals surface area contributed by atoms with Crippen LogP contribution >= 0.6 is 11.6 Å². The topological polar surface area (TPSA) is 41.3 Å². The van der Waals surface area contributed by atoms with Crippen LogP contribution in [0.3, 0.4) is 0 Å². The van der Waals surface area contributed by atoms with Crippen molar-refractivity contribution in [3.8, 4) is 0 Å². The van der Waals surface area contributed by atoms with Gasteiger partial charge in [-0.25, -0.2) is 0 Å². The summed E-state index contributed by atoms with van der Waals surface area (Å²) in [6.45, 7) is 5.65. The van der Waals surface area contributed by atoms with Gasteiger partial charge < -0.3 is 5.11 Å². The molecule has 0 saturated carbocycles. The standard InChI is InChI=1S/C16H22ClN3O/c1-2-20-13-15(10-18-20)12-19(7-4-8-21)11-14-5-3-6-16(17)9-14/h3,5-6,9-10,13,21H,2,4,7-8,11-12H2,1H3. The summed E-state index contributed by atoms with van der Waals surface area (Å²) in [4.78, 5) is 2.30. The van der Waals surface area contributed by atoms with Crippen molar-refractivity contribution in [3.05, 3.63) is 52.8 Å². The third-order valence-electron chi connectivity index (χ3n) is 3.34. The predicted molar refractivity (Wildman–Crippen MR) is 85.2 cm³/mol. The second kappa shape index (κ2) is 8.17. The molecule has 0 bridgehead atoms. The zero-order valence-corrected chi connectivity index (χ0v) is 13.1. The molecule has 2 aromatic rings. The Hall–Kier alpha value is -1.36. The Bertz CT molecular complexity index is 556. The number of aryl methyl sites for hydroxylation is 1. The molecular formula is C16H22ClN3O. The first kappa shape index (κ1) is 16.0. The van der Waals surface area contributed by atoms with Crippen LogP contribution in [0.1, 0.15) is 24.5 Å². The average molecular weight is 308 g/mol. The number of aromatic nitrogens is 2. The van der Waals surface area contributed by atoms with E-state index in [1.54, 1.807) is 0 Å². The van der Waals surface area contributed by atoms with Crippen molar-refractivity contribution >= 4 is 11.6 Å². The minimum Gasteiger partial charge on any atom is -0.396 e. The molecule has 0 fully saturated rings. The van der Waals surface area contributed by atoms with Crippen LogP contribution < -0.4 is 0 Å². The molecule has 4 nitrogen and oxygen atoms in total. The highest BCUT2D eigenvalue weighted by Gasteiger charge is 2.09. The van der Waals surface area contributed by atoms with Gasteiger partial charge in [-0.2, -0.15) is 5.10 Å². The Labute approximate surface area is 131 Å². The summed E-state index contributed by atoms with van der Waals surface area (Å²) in [5, 5.41) is 14.1. The van der Waals surface area contributed by atoms with E-state index in [1.807, 2.05) is 29.1 Å². The predicted octanol–water partition coefficient (Wildman–Crippen LogP) is 2.94. The van der Waals surface area contributed by atoms with Crippen molar-refractivity contribution in [1.29, 1.82) is 0 Å². The van der Waals surface area contributed by atoms with Crippen molar-refractivity contribution < 1.29 is 5.11 Å². The molecule has 0 aliphatic rings. The summed E-state index contributed by atoms with van der Waals surface area (Å²) < 4.78 is 1.93. The second-order valence-electron chi connectivity index (χ2n) is 5.12. The zero-order chi connectivity index (χ0) is 15.1. The number of rotatable bonds is 8. The molecule has 5 heteroatoms. The zero-order valence-electron chi connectivity index (χ0n) is 12.4. The molecule has 1 N–H and O–H groups in total. The molecule has 0 spiro atoms. The second-order valence-corrected chi connectivity index (χ2v) is 5.56. The first-order valence-electron chi connectivity index (χ1n) is 7.30. The molecule has 1 heterocycles. The molecule has 0 amide bonds. The van der Waals surface area contributed by atoms with Crippen molar-refractivity contribution in [2.24, 2.45) is 0 Å². The fourth-order valence-corrected chi connectivity index (χ4v) is 2.53. The van der Waals surface area contributed by atoms with Crippen LogP contribution in [-0.2, 0) is 19.6 Å². The summed E-state index contributed by atoms with van der Waals surface area (Å²) in [5.74, 6) is 0.